The molecule has 0 aliphatic carbocycles. The van der Waals surface area contributed by atoms with Crippen LogP contribution >= 0.6 is 59.1 Å². The number of hydrogen-bond acceptors (Lipinski definition) is 3. The van der Waals surface area contributed by atoms with Crippen LogP contribution in [-0.4, -0.2) is 10.8 Å². The molecular formula is C11H6Br3NOS. The van der Waals surface area contributed by atoms with Crippen LogP contribution in [0.3, 0.4) is 0 Å². The monoisotopic (exact) mass is 437 g/mol. The zero-order valence-corrected chi connectivity index (χ0v) is 14.0. The van der Waals surface area contributed by atoms with Gasteiger partial charge in [0.15, 0.2) is 5.78 Å². The molecule has 2 heterocycles. The Kier molecular flexibility index (Phi) is 4.52. The summed E-state index contributed by atoms with van der Waals surface area (Å²) in [6.45, 7) is 0. The number of hydrogen-bond donors (Lipinski definition) is 0. The summed E-state index contributed by atoms with van der Waals surface area (Å²) in [4.78, 5) is 17.2. The lowest BCUT2D eigenvalue weighted by Gasteiger charge is -2.02. The highest BCUT2D eigenvalue weighted by Gasteiger charge is 2.13. The van der Waals surface area contributed by atoms with E-state index in [2.05, 4.69) is 52.8 Å². The van der Waals surface area contributed by atoms with Crippen LogP contribution in [0.25, 0.3) is 0 Å². The summed E-state index contributed by atoms with van der Waals surface area (Å²) in [5.74, 6) is 0.0127. The Balaban J connectivity index is 2.20. The number of halogens is 3. The fraction of sp³-hybridized carbons (Fsp3) is 0.0909. The second-order valence-corrected chi connectivity index (χ2v) is 7.61. The number of carbonyl (C=O) groups excluding carboxylic acids is 1. The van der Waals surface area contributed by atoms with E-state index in [9.17, 15) is 4.79 Å². The van der Waals surface area contributed by atoms with Crippen molar-refractivity contribution in [2.75, 3.05) is 0 Å². The van der Waals surface area contributed by atoms with Crippen LogP contribution in [0.15, 0.2) is 37.1 Å². The van der Waals surface area contributed by atoms with Crippen LogP contribution in [0.2, 0.25) is 0 Å². The molecule has 0 aliphatic rings. The molecule has 0 fully saturated rings. The van der Waals surface area contributed by atoms with E-state index in [1.807, 2.05) is 18.2 Å². The number of nitrogens with zero attached hydrogens (tertiary/aromatic N) is 1. The van der Waals surface area contributed by atoms with E-state index in [0.717, 1.165) is 13.1 Å². The Morgan fingerprint density at radius 2 is 2.06 bits per heavy atom. The van der Waals surface area contributed by atoms with E-state index in [4.69, 9.17) is 0 Å². The SMILES string of the molecule is O=C(Cc1ccc(Br)s1)c1ncc(Br)cc1Br. The Bertz CT molecular complexity index is 568. The third kappa shape index (κ3) is 3.47. The Morgan fingerprint density at radius 3 is 2.65 bits per heavy atom. The first kappa shape index (κ1) is 13.4. The van der Waals surface area contributed by atoms with Gasteiger partial charge in [0.1, 0.15) is 5.69 Å². The molecule has 0 bridgehead atoms. The fourth-order valence-electron chi connectivity index (χ4n) is 1.31. The van der Waals surface area contributed by atoms with Gasteiger partial charge in [-0.2, -0.15) is 0 Å². The van der Waals surface area contributed by atoms with Crippen molar-refractivity contribution in [2.24, 2.45) is 0 Å². The second-order valence-electron chi connectivity index (χ2n) is 3.29. The molecule has 2 aromatic heterocycles. The van der Waals surface area contributed by atoms with Crippen molar-refractivity contribution < 1.29 is 4.79 Å². The van der Waals surface area contributed by atoms with Gasteiger partial charge in [0.25, 0.3) is 0 Å². The quantitative estimate of drug-likeness (QED) is 0.639. The summed E-state index contributed by atoms with van der Waals surface area (Å²) in [5.41, 5.74) is 0.470. The molecule has 0 aliphatic heterocycles. The van der Waals surface area contributed by atoms with Gasteiger partial charge in [-0.1, -0.05) is 0 Å². The standard InChI is InChI=1S/C11H6Br3NOS/c12-6-3-8(13)11(15-5-6)9(16)4-7-1-2-10(14)17-7/h1-3,5H,4H2. The predicted molar refractivity (Wildman–Crippen MR) is 79.7 cm³/mol. The van der Waals surface area contributed by atoms with Gasteiger partial charge in [-0.05, 0) is 66.0 Å². The topological polar surface area (TPSA) is 30.0 Å². The van der Waals surface area contributed by atoms with E-state index in [1.54, 1.807) is 17.5 Å². The first-order chi connectivity index (χ1) is 8.06. The summed E-state index contributed by atoms with van der Waals surface area (Å²) < 4.78 is 2.59. The van der Waals surface area contributed by atoms with Gasteiger partial charge in [0.05, 0.1) is 3.79 Å². The summed E-state index contributed by atoms with van der Waals surface area (Å²) in [5, 5.41) is 0. The van der Waals surface area contributed by atoms with Crippen LogP contribution in [0, 0.1) is 0 Å². The molecule has 0 amide bonds. The smallest absolute Gasteiger partial charge is 0.187 e. The zero-order chi connectivity index (χ0) is 12.4. The molecule has 6 heteroatoms. The maximum atomic E-state index is 12.0. The molecule has 0 N–H and O–H groups in total. The summed E-state index contributed by atoms with van der Waals surface area (Å²) >= 11 is 11.6. The molecule has 2 aromatic rings. The van der Waals surface area contributed by atoms with Crippen LogP contribution in [0.5, 0.6) is 0 Å². The van der Waals surface area contributed by atoms with Gasteiger partial charge in [0, 0.05) is 26.4 Å². The molecule has 88 valence electrons. The van der Waals surface area contributed by atoms with E-state index in [-0.39, 0.29) is 5.78 Å². The third-order valence-corrected chi connectivity index (χ3v) is 4.70. The number of thiophene rings is 1. The molecule has 0 spiro atoms. The minimum atomic E-state index is 0.0127. The predicted octanol–water partition coefficient (Wildman–Crippen LogP) is 4.86. The molecule has 0 saturated heterocycles. The molecule has 2 nitrogen and oxygen atoms in total. The maximum Gasteiger partial charge on any atom is 0.187 e. The molecule has 0 aromatic carbocycles. The zero-order valence-electron chi connectivity index (χ0n) is 8.41. The van der Waals surface area contributed by atoms with Crippen molar-refractivity contribution in [1.29, 1.82) is 0 Å². The van der Waals surface area contributed by atoms with E-state index in [1.165, 1.54) is 0 Å². The van der Waals surface area contributed by atoms with E-state index >= 15 is 0 Å². The minimum Gasteiger partial charge on any atom is -0.292 e. The van der Waals surface area contributed by atoms with Gasteiger partial charge in [0.2, 0.25) is 0 Å². The molecule has 0 atom stereocenters. The molecule has 0 unspecified atom stereocenters. The van der Waals surface area contributed by atoms with Crippen LogP contribution < -0.4 is 0 Å². The van der Waals surface area contributed by atoms with Gasteiger partial charge < -0.3 is 0 Å². The van der Waals surface area contributed by atoms with Crippen molar-refractivity contribution >= 4 is 64.9 Å². The van der Waals surface area contributed by atoms with Crippen molar-refractivity contribution in [3.63, 3.8) is 0 Å². The molecule has 17 heavy (non-hydrogen) atoms. The van der Waals surface area contributed by atoms with Gasteiger partial charge in [-0.25, -0.2) is 0 Å². The highest BCUT2D eigenvalue weighted by atomic mass is 79.9. The Morgan fingerprint density at radius 1 is 1.29 bits per heavy atom. The van der Waals surface area contributed by atoms with Gasteiger partial charge in [-0.15, -0.1) is 11.3 Å². The average Bonchev–Trinajstić information content (AvgIpc) is 2.63. The number of Topliss-reactive ketones (excluding diaryl/α,β-unsaturated/α-hetero) is 1. The normalized spacial score (nSPS) is 10.5. The molecular weight excluding hydrogens is 434 g/mol. The maximum absolute atomic E-state index is 12.0. The summed E-state index contributed by atoms with van der Waals surface area (Å²) in [6, 6.07) is 5.71. The van der Waals surface area contributed by atoms with E-state index in [0.29, 0.717) is 16.6 Å². The lowest BCUT2D eigenvalue weighted by molar-refractivity contribution is 0.0988. The third-order valence-electron chi connectivity index (χ3n) is 2.04. The first-order valence-electron chi connectivity index (χ1n) is 4.64. The van der Waals surface area contributed by atoms with Crippen molar-refractivity contribution in [2.45, 2.75) is 6.42 Å². The van der Waals surface area contributed by atoms with Crippen LogP contribution in [0.1, 0.15) is 15.4 Å². The van der Waals surface area contributed by atoms with Crippen LogP contribution in [-0.2, 0) is 6.42 Å². The van der Waals surface area contributed by atoms with Gasteiger partial charge >= 0.3 is 0 Å². The highest BCUT2D eigenvalue weighted by Crippen LogP contribution is 2.25. The minimum absolute atomic E-state index is 0.0127. The Labute approximate surface area is 128 Å². The Hall–Kier alpha value is -0.0400. The van der Waals surface area contributed by atoms with Crippen LogP contribution in [0.4, 0.5) is 0 Å². The van der Waals surface area contributed by atoms with Crippen molar-refractivity contribution in [3.05, 3.63) is 47.7 Å². The van der Waals surface area contributed by atoms with E-state index < -0.39 is 0 Å². The van der Waals surface area contributed by atoms with Gasteiger partial charge in [-0.3, -0.25) is 9.78 Å². The van der Waals surface area contributed by atoms with Crippen molar-refractivity contribution in [1.82, 2.24) is 4.98 Å². The number of pyridine rings is 1. The largest absolute Gasteiger partial charge is 0.292 e. The summed E-state index contributed by atoms with van der Waals surface area (Å²) in [6.07, 6.45) is 2.01. The molecule has 0 radical (unpaired) electrons. The lowest BCUT2D eigenvalue weighted by Crippen LogP contribution is -2.05. The number of carbonyl (C=O) groups is 1. The number of ketones is 1. The second kappa shape index (κ2) is 5.73. The summed E-state index contributed by atoms with van der Waals surface area (Å²) in [7, 11) is 0. The fourth-order valence-corrected chi connectivity index (χ4v) is 4.00. The van der Waals surface area contributed by atoms with Crippen molar-refractivity contribution in [3.8, 4) is 0 Å². The number of rotatable bonds is 3. The molecule has 2 rings (SSSR count). The lowest BCUT2D eigenvalue weighted by atomic mass is 10.2. The molecule has 0 saturated carbocycles. The highest BCUT2D eigenvalue weighted by molar-refractivity contribution is 9.11. The first-order valence-corrected chi connectivity index (χ1v) is 7.84. The average molecular weight is 440 g/mol. The number of aromatic nitrogens is 1.